The molecular formula is C19H16N4O3. The number of hydrogen-bond acceptors (Lipinski definition) is 6. The van der Waals surface area contributed by atoms with Gasteiger partial charge in [0.1, 0.15) is 5.52 Å². The minimum absolute atomic E-state index is 0.118. The van der Waals surface area contributed by atoms with Gasteiger partial charge in [-0.05, 0) is 42.5 Å². The van der Waals surface area contributed by atoms with Gasteiger partial charge in [0.15, 0.2) is 11.5 Å². The second-order valence-corrected chi connectivity index (χ2v) is 5.83. The van der Waals surface area contributed by atoms with Crippen molar-refractivity contribution in [2.24, 2.45) is 0 Å². The van der Waals surface area contributed by atoms with Crippen molar-refractivity contribution in [1.29, 1.82) is 0 Å². The van der Waals surface area contributed by atoms with Crippen molar-refractivity contribution < 1.29 is 13.7 Å². The molecule has 0 unspecified atom stereocenters. The molecule has 4 rings (SSSR count). The molecule has 0 radical (unpaired) electrons. The standard InChI is InChI=1S/C19H16N4O3/c1-3-17-21-15-10-13(6-9-16(15)25-17)18-22-19(26-23-18)12-4-7-14(8-5-12)20-11(2)24/h4-10H,3H2,1-2H3,(H,20,24). The summed E-state index contributed by atoms with van der Waals surface area (Å²) in [6.07, 6.45) is 0.741. The highest BCUT2D eigenvalue weighted by atomic mass is 16.5. The number of rotatable bonds is 4. The van der Waals surface area contributed by atoms with E-state index in [-0.39, 0.29) is 5.91 Å². The zero-order valence-electron chi connectivity index (χ0n) is 14.3. The van der Waals surface area contributed by atoms with Crippen LogP contribution in [0.4, 0.5) is 5.69 Å². The van der Waals surface area contributed by atoms with E-state index in [9.17, 15) is 4.79 Å². The van der Waals surface area contributed by atoms with Crippen LogP contribution in [0.2, 0.25) is 0 Å². The van der Waals surface area contributed by atoms with Crippen molar-refractivity contribution in [1.82, 2.24) is 15.1 Å². The number of hydrogen-bond donors (Lipinski definition) is 1. The smallest absolute Gasteiger partial charge is 0.258 e. The molecule has 0 aliphatic rings. The summed E-state index contributed by atoms with van der Waals surface area (Å²) >= 11 is 0. The third-order valence-corrected chi connectivity index (χ3v) is 3.87. The summed E-state index contributed by atoms with van der Waals surface area (Å²) in [7, 11) is 0. The Morgan fingerprint density at radius 2 is 1.85 bits per heavy atom. The van der Waals surface area contributed by atoms with Gasteiger partial charge in [-0.3, -0.25) is 4.79 Å². The van der Waals surface area contributed by atoms with Gasteiger partial charge in [0.05, 0.1) is 0 Å². The number of aromatic nitrogens is 3. The predicted octanol–water partition coefficient (Wildman–Crippen LogP) is 4.07. The van der Waals surface area contributed by atoms with Crippen LogP contribution >= 0.6 is 0 Å². The highest BCUT2D eigenvalue weighted by molar-refractivity contribution is 5.88. The molecule has 0 saturated heterocycles. The van der Waals surface area contributed by atoms with E-state index in [1.807, 2.05) is 37.3 Å². The Bertz CT molecular complexity index is 1080. The van der Waals surface area contributed by atoms with E-state index in [1.54, 1.807) is 12.1 Å². The van der Waals surface area contributed by atoms with Crippen LogP contribution in [0, 0.1) is 0 Å². The SMILES string of the molecule is CCc1nc2cc(-c3noc(-c4ccc(NC(C)=O)cc4)n3)ccc2o1. The molecule has 7 heteroatoms. The number of carbonyl (C=O) groups is 1. The maximum Gasteiger partial charge on any atom is 0.258 e. The maximum absolute atomic E-state index is 11.1. The van der Waals surface area contributed by atoms with E-state index in [4.69, 9.17) is 8.94 Å². The van der Waals surface area contributed by atoms with Crippen LogP contribution in [0.3, 0.4) is 0 Å². The molecule has 26 heavy (non-hydrogen) atoms. The predicted molar refractivity (Wildman–Crippen MR) is 96.4 cm³/mol. The van der Waals surface area contributed by atoms with Gasteiger partial charge in [-0.15, -0.1) is 0 Å². The van der Waals surface area contributed by atoms with Gasteiger partial charge in [-0.1, -0.05) is 12.1 Å². The highest BCUT2D eigenvalue weighted by Gasteiger charge is 2.13. The molecule has 0 aliphatic carbocycles. The quantitative estimate of drug-likeness (QED) is 0.597. The largest absolute Gasteiger partial charge is 0.441 e. The summed E-state index contributed by atoms with van der Waals surface area (Å²) in [4.78, 5) is 20.0. The lowest BCUT2D eigenvalue weighted by molar-refractivity contribution is -0.114. The van der Waals surface area contributed by atoms with Crippen LogP contribution in [-0.4, -0.2) is 21.0 Å². The number of oxazole rings is 1. The van der Waals surface area contributed by atoms with Gasteiger partial charge in [0.25, 0.3) is 5.89 Å². The molecule has 2 aromatic carbocycles. The molecule has 0 saturated carbocycles. The fourth-order valence-electron chi connectivity index (χ4n) is 2.62. The summed E-state index contributed by atoms with van der Waals surface area (Å²) in [5, 5.41) is 6.77. The molecule has 0 bridgehead atoms. The Balaban J connectivity index is 1.62. The molecule has 2 heterocycles. The van der Waals surface area contributed by atoms with Gasteiger partial charge in [0, 0.05) is 30.2 Å². The first-order chi connectivity index (χ1) is 12.6. The molecule has 2 aromatic heterocycles. The van der Waals surface area contributed by atoms with E-state index in [0.717, 1.165) is 28.6 Å². The number of aryl methyl sites for hydroxylation is 1. The van der Waals surface area contributed by atoms with Gasteiger partial charge in [0.2, 0.25) is 11.7 Å². The Morgan fingerprint density at radius 1 is 1.08 bits per heavy atom. The zero-order chi connectivity index (χ0) is 18.1. The fourth-order valence-corrected chi connectivity index (χ4v) is 2.62. The number of benzene rings is 2. The lowest BCUT2D eigenvalue weighted by Crippen LogP contribution is -2.05. The number of carbonyl (C=O) groups excluding carboxylic acids is 1. The first-order valence-corrected chi connectivity index (χ1v) is 8.24. The number of amides is 1. The van der Waals surface area contributed by atoms with Crippen molar-refractivity contribution in [2.75, 3.05) is 5.32 Å². The first-order valence-electron chi connectivity index (χ1n) is 8.24. The summed E-state index contributed by atoms with van der Waals surface area (Å²) in [6.45, 7) is 3.46. The molecular weight excluding hydrogens is 332 g/mol. The molecule has 7 nitrogen and oxygen atoms in total. The first kappa shape index (κ1) is 16.0. The van der Waals surface area contributed by atoms with E-state index in [0.29, 0.717) is 23.3 Å². The Morgan fingerprint density at radius 3 is 2.58 bits per heavy atom. The van der Waals surface area contributed by atoms with Crippen molar-refractivity contribution in [2.45, 2.75) is 20.3 Å². The summed E-state index contributed by atoms with van der Waals surface area (Å²) in [5.74, 6) is 1.47. The molecule has 0 aliphatic heterocycles. The van der Waals surface area contributed by atoms with Crippen LogP contribution in [0.15, 0.2) is 51.4 Å². The number of anilines is 1. The minimum Gasteiger partial charge on any atom is -0.441 e. The average Bonchev–Trinajstić information content (AvgIpc) is 3.28. The summed E-state index contributed by atoms with van der Waals surface area (Å²) < 4.78 is 11.0. The van der Waals surface area contributed by atoms with Crippen LogP contribution in [-0.2, 0) is 11.2 Å². The molecule has 1 N–H and O–H groups in total. The zero-order valence-corrected chi connectivity index (χ0v) is 14.3. The van der Waals surface area contributed by atoms with Crippen LogP contribution in [0.1, 0.15) is 19.7 Å². The highest BCUT2D eigenvalue weighted by Crippen LogP contribution is 2.26. The van der Waals surface area contributed by atoms with Crippen molar-refractivity contribution >= 4 is 22.7 Å². The second kappa shape index (κ2) is 6.44. The van der Waals surface area contributed by atoms with E-state index in [2.05, 4.69) is 20.4 Å². The van der Waals surface area contributed by atoms with Gasteiger partial charge in [-0.2, -0.15) is 4.98 Å². The lowest BCUT2D eigenvalue weighted by atomic mass is 10.2. The molecule has 0 spiro atoms. The number of fused-ring (bicyclic) bond motifs is 1. The minimum atomic E-state index is -0.118. The van der Waals surface area contributed by atoms with E-state index >= 15 is 0 Å². The summed E-state index contributed by atoms with van der Waals surface area (Å²) in [5.41, 5.74) is 3.80. The normalized spacial score (nSPS) is 11.0. The van der Waals surface area contributed by atoms with Crippen LogP contribution < -0.4 is 5.32 Å². The molecule has 4 aromatic rings. The van der Waals surface area contributed by atoms with Crippen molar-refractivity contribution in [3.63, 3.8) is 0 Å². The Labute approximate surface area is 149 Å². The maximum atomic E-state index is 11.1. The number of nitrogens with one attached hydrogen (secondary N) is 1. The van der Waals surface area contributed by atoms with Crippen molar-refractivity contribution in [3.05, 3.63) is 48.4 Å². The van der Waals surface area contributed by atoms with Gasteiger partial charge in [-0.25, -0.2) is 4.98 Å². The molecule has 0 atom stereocenters. The topological polar surface area (TPSA) is 94.1 Å². The average molecular weight is 348 g/mol. The molecule has 1 amide bonds. The van der Waals surface area contributed by atoms with E-state index in [1.165, 1.54) is 6.92 Å². The Hall–Kier alpha value is -3.48. The lowest BCUT2D eigenvalue weighted by Gasteiger charge is -2.01. The van der Waals surface area contributed by atoms with Crippen LogP contribution in [0.5, 0.6) is 0 Å². The van der Waals surface area contributed by atoms with E-state index < -0.39 is 0 Å². The molecule has 0 fully saturated rings. The fraction of sp³-hybridized carbons (Fsp3) is 0.158. The third-order valence-electron chi connectivity index (χ3n) is 3.87. The van der Waals surface area contributed by atoms with Gasteiger partial charge < -0.3 is 14.3 Å². The second-order valence-electron chi connectivity index (χ2n) is 5.83. The Kier molecular flexibility index (Phi) is 3.96. The van der Waals surface area contributed by atoms with Crippen LogP contribution in [0.25, 0.3) is 33.9 Å². The molecule has 130 valence electrons. The summed E-state index contributed by atoms with van der Waals surface area (Å²) in [6, 6.07) is 12.8. The van der Waals surface area contributed by atoms with Crippen molar-refractivity contribution in [3.8, 4) is 22.8 Å². The number of nitrogens with zero attached hydrogens (tertiary/aromatic N) is 3. The monoisotopic (exact) mass is 348 g/mol. The third kappa shape index (κ3) is 3.06. The van der Waals surface area contributed by atoms with Gasteiger partial charge >= 0.3 is 0 Å².